The van der Waals surface area contributed by atoms with E-state index in [1.165, 1.54) is 11.0 Å². The van der Waals surface area contributed by atoms with Crippen molar-refractivity contribution in [2.24, 2.45) is 7.05 Å². The zero-order chi connectivity index (χ0) is 12.2. The van der Waals surface area contributed by atoms with E-state index in [0.717, 1.165) is 12.8 Å². The summed E-state index contributed by atoms with van der Waals surface area (Å²) in [4.78, 5) is 27.8. The molecule has 0 aliphatic heterocycles. The molecule has 3 rings (SSSR count). The minimum atomic E-state index is -0.217. The third-order valence-corrected chi connectivity index (χ3v) is 3.22. The Bertz CT molecular complexity index is 683. The second kappa shape index (κ2) is 3.52. The van der Waals surface area contributed by atoms with Crippen molar-refractivity contribution in [3.63, 3.8) is 0 Å². The van der Waals surface area contributed by atoms with E-state index in [1.807, 2.05) is 0 Å². The molecule has 0 saturated heterocycles. The number of aromatic nitrogens is 4. The first kappa shape index (κ1) is 10.7. The van der Waals surface area contributed by atoms with Crippen molar-refractivity contribution in [2.75, 3.05) is 0 Å². The van der Waals surface area contributed by atoms with E-state index in [4.69, 9.17) is 0 Å². The van der Waals surface area contributed by atoms with Gasteiger partial charge in [-0.25, -0.2) is 4.98 Å². The SMILES string of the molecule is Cn1nc2c(=O)n(C3CC3)cnc2c1[C](=O)[Al]. The number of rotatable bonds is 2. The van der Waals surface area contributed by atoms with E-state index in [-0.39, 0.29) is 21.8 Å². The van der Waals surface area contributed by atoms with Crippen LogP contribution in [0, 0.1) is 0 Å². The molecule has 2 heterocycles. The fourth-order valence-corrected chi connectivity index (χ4v) is 2.29. The third kappa shape index (κ3) is 1.54. The van der Waals surface area contributed by atoms with E-state index < -0.39 is 0 Å². The second-order valence-corrected chi connectivity index (χ2v) is 4.75. The van der Waals surface area contributed by atoms with E-state index in [2.05, 4.69) is 26.4 Å². The van der Waals surface area contributed by atoms with Crippen LogP contribution < -0.4 is 5.56 Å². The van der Waals surface area contributed by atoms with Crippen molar-refractivity contribution in [1.82, 2.24) is 19.3 Å². The normalized spacial score (nSPS) is 15.4. The van der Waals surface area contributed by atoms with Gasteiger partial charge < -0.3 is 4.79 Å². The van der Waals surface area contributed by atoms with Gasteiger partial charge in [0.1, 0.15) is 11.2 Å². The number of hydrogen-bond donors (Lipinski definition) is 0. The lowest BCUT2D eigenvalue weighted by Gasteiger charge is -2.01. The van der Waals surface area contributed by atoms with Crippen molar-refractivity contribution in [3.05, 3.63) is 22.4 Å². The highest BCUT2D eigenvalue weighted by atomic mass is 27.0. The Morgan fingerprint density at radius 1 is 1.47 bits per heavy atom. The summed E-state index contributed by atoms with van der Waals surface area (Å²) < 4.78 is 2.80. The first-order chi connectivity index (χ1) is 8.09. The lowest BCUT2D eigenvalue weighted by molar-refractivity contribution is 0.107. The average molecular weight is 244 g/mol. The average Bonchev–Trinajstić information content (AvgIpc) is 3.01. The molecule has 0 atom stereocenters. The minimum Gasteiger partial charge on any atom is -0.317 e. The summed E-state index contributed by atoms with van der Waals surface area (Å²) in [5.74, 6) is 0. The van der Waals surface area contributed by atoms with Crippen LogP contribution in [0.4, 0.5) is 0 Å². The standard InChI is InChI=1S/C10H9N4O2.Al/c1-13-7(4-15)8-9(12-13)10(16)14(5-11-8)6-2-3-6;/h5-6H,2-3H2,1H3;. The van der Waals surface area contributed by atoms with Crippen LogP contribution in [0.5, 0.6) is 0 Å². The zero-order valence-corrected chi connectivity index (χ0v) is 10.4. The van der Waals surface area contributed by atoms with E-state index in [0.29, 0.717) is 11.2 Å². The predicted molar refractivity (Wildman–Crippen MR) is 61.1 cm³/mol. The highest BCUT2D eigenvalue weighted by Gasteiger charge is 2.26. The monoisotopic (exact) mass is 244 g/mol. The summed E-state index contributed by atoms with van der Waals surface area (Å²) in [5.41, 5.74) is 0.845. The molecule has 2 radical (unpaired) electrons. The quantitative estimate of drug-likeness (QED) is 0.684. The molecular formula is C10H9AlN4O2. The Kier molecular flexibility index (Phi) is 2.21. The number of nitrogens with zero attached hydrogens (tertiary/aromatic N) is 4. The Hall–Kier alpha value is -1.45. The van der Waals surface area contributed by atoms with Gasteiger partial charge >= 0.3 is 0 Å². The number of carbonyl (C=O) groups excluding carboxylic acids is 1. The topological polar surface area (TPSA) is 69.8 Å². The Morgan fingerprint density at radius 3 is 2.76 bits per heavy atom. The van der Waals surface area contributed by atoms with Gasteiger partial charge in [0.25, 0.3) is 21.8 Å². The zero-order valence-electron chi connectivity index (χ0n) is 9.25. The van der Waals surface area contributed by atoms with E-state index in [1.54, 1.807) is 11.6 Å². The lowest BCUT2D eigenvalue weighted by Crippen LogP contribution is -2.19. The molecule has 17 heavy (non-hydrogen) atoms. The Labute approximate surface area is 105 Å². The summed E-state index contributed by atoms with van der Waals surface area (Å²) >= 11 is 2.08. The highest BCUT2D eigenvalue weighted by Crippen LogP contribution is 2.33. The van der Waals surface area contributed by atoms with Gasteiger partial charge in [-0.05, 0) is 12.8 Å². The van der Waals surface area contributed by atoms with Gasteiger partial charge in [0.05, 0.1) is 11.0 Å². The molecule has 2 aromatic rings. The van der Waals surface area contributed by atoms with Crippen LogP contribution in [0.25, 0.3) is 11.0 Å². The first-order valence-electron chi connectivity index (χ1n) is 5.33. The number of carbonyl (C=O) groups is 1. The summed E-state index contributed by atoms with van der Waals surface area (Å²) in [6, 6.07) is 0.261. The smallest absolute Gasteiger partial charge is 0.282 e. The molecule has 1 aliphatic rings. The van der Waals surface area contributed by atoms with Crippen molar-refractivity contribution in [1.29, 1.82) is 0 Å². The van der Waals surface area contributed by atoms with Crippen LogP contribution in [0.15, 0.2) is 11.1 Å². The number of aryl methyl sites for hydroxylation is 1. The molecule has 0 spiro atoms. The molecule has 0 amide bonds. The molecule has 6 nitrogen and oxygen atoms in total. The fourth-order valence-electron chi connectivity index (χ4n) is 1.96. The maximum Gasteiger partial charge on any atom is 0.282 e. The van der Waals surface area contributed by atoms with E-state index in [9.17, 15) is 9.59 Å². The van der Waals surface area contributed by atoms with Crippen LogP contribution in [-0.2, 0) is 7.05 Å². The van der Waals surface area contributed by atoms with Crippen LogP contribution in [0.2, 0.25) is 0 Å². The molecule has 0 unspecified atom stereocenters. The lowest BCUT2D eigenvalue weighted by atomic mass is 10.3. The van der Waals surface area contributed by atoms with Crippen molar-refractivity contribution < 1.29 is 4.79 Å². The number of hydrogen-bond acceptors (Lipinski definition) is 4. The predicted octanol–water partition coefficient (Wildman–Crippen LogP) is -0.226. The highest BCUT2D eigenvalue weighted by molar-refractivity contribution is 6.63. The molecule has 1 saturated carbocycles. The molecular weight excluding hydrogens is 235 g/mol. The van der Waals surface area contributed by atoms with Crippen molar-refractivity contribution >= 4 is 32.0 Å². The van der Waals surface area contributed by atoms with Gasteiger partial charge in [-0.15, -0.1) is 0 Å². The van der Waals surface area contributed by atoms with Crippen molar-refractivity contribution in [3.8, 4) is 0 Å². The summed E-state index contributed by atoms with van der Waals surface area (Å²) in [7, 11) is 1.64. The minimum absolute atomic E-state index is 0.161. The molecule has 1 aliphatic carbocycles. The third-order valence-electron chi connectivity index (χ3n) is 2.94. The summed E-state index contributed by atoms with van der Waals surface area (Å²) in [5, 5.41) is 4.09. The van der Waals surface area contributed by atoms with Gasteiger partial charge in [0.15, 0.2) is 5.52 Å². The van der Waals surface area contributed by atoms with Gasteiger partial charge in [0, 0.05) is 13.1 Å². The van der Waals surface area contributed by atoms with Gasteiger partial charge in [0.2, 0.25) is 0 Å². The van der Waals surface area contributed by atoms with Crippen LogP contribution in [0.3, 0.4) is 0 Å². The molecule has 7 heteroatoms. The first-order valence-corrected chi connectivity index (χ1v) is 5.91. The number of fused-ring (bicyclic) bond motifs is 1. The summed E-state index contributed by atoms with van der Waals surface area (Å²) in [6.45, 7) is 0. The molecule has 1 fully saturated rings. The molecule has 84 valence electrons. The fraction of sp³-hybridized carbons (Fsp3) is 0.400. The molecule has 2 aromatic heterocycles. The molecule has 0 aromatic carbocycles. The van der Waals surface area contributed by atoms with Gasteiger partial charge in [-0.1, -0.05) is 0 Å². The molecule has 0 bridgehead atoms. The summed E-state index contributed by atoms with van der Waals surface area (Å²) in [6.07, 6.45) is 3.53. The van der Waals surface area contributed by atoms with Crippen LogP contribution >= 0.6 is 0 Å². The Balaban J connectivity index is 2.35. The largest absolute Gasteiger partial charge is 0.317 e. The maximum absolute atomic E-state index is 12.1. The van der Waals surface area contributed by atoms with Gasteiger partial charge in [-0.2, -0.15) is 5.10 Å². The Morgan fingerprint density at radius 2 is 2.18 bits per heavy atom. The van der Waals surface area contributed by atoms with Crippen LogP contribution in [-0.4, -0.2) is 40.3 Å². The van der Waals surface area contributed by atoms with Gasteiger partial charge in [-0.3, -0.25) is 14.0 Å². The second-order valence-electron chi connectivity index (χ2n) is 4.22. The van der Waals surface area contributed by atoms with Crippen molar-refractivity contribution in [2.45, 2.75) is 18.9 Å². The maximum atomic E-state index is 12.1. The van der Waals surface area contributed by atoms with E-state index >= 15 is 0 Å². The van der Waals surface area contributed by atoms with Crippen LogP contribution in [0.1, 0.15) is 29.4 Å². The molecule has 0 N–H and O–H groups in total.